The number of hydrogen-bond donors (Lipinski definition) is 1. The van der Waals surface area contributed by atoms with Crippen LogP contribution in [0, 0.1) is 5.41 Å². The summed E-state index contributed by atoms with van der Waals surface area (Å²) >= 11 is 0. The Labute approximate surface area is 75.9 Å². The molecule has 0 fully saturated rings. The monoisotopic (exact) mass is 174 g/mol. The first-order valence-corrected chi connectivity index (χ1v) is 4.67. The Morgan fingerprint density at radius 1 is 1.33 bits per heavy atom. The normalized spacial score (nSPS) is 17.5. The van der Waals surface area contributed by atoms with E-state index in [1.807, 2.05) is 0 Å². The van der Waals surface area contributed by atoms with Gasteiger partial charge in [0, 0.05) is 0 Å². The van der Waals surface area contributed by atoms with Gasteiger partial charge in [0.05, 0.1) is 18.8 Å². The second-order valence-corrected chi connectivity index (χ2v) is 4.45. The molecule has 0 aliphatic rings. The summed E-state index contributed by atoms with van der Waals surface area (Å²) in [6.07, 6.45) is 0.879. The van der Waals surface area contributed by atoms with Crippen molar-refractivity contribution in [3.63, 3.8) is 0 Å². The summed E-state index contributed by atoms with van der Waals surface area (Å²) in [6, 6.07) is 0. The molecular weight excluding hydrogens is 152 g/mol. The van der Waals surface area contributed by atoms with Crippen molar-refractivity contribution in [2.45, 2.75) is 53.2 Å². The maximum atomic E-state index is 9.04. The molecule has 2 heteroatoms. The lowest BCUT2D eigenvalue weighted by Crippen LogP contribution is -2.31. The van der Waals surface area contributed by atoms with Gasteiger partial charge >= 0.3 is 0 Å². The first-order chi connectivity index (χ1) is 5.38. The molecule has 0 rings (SSSR count). The summed E-state index contributed by atoms with van der Waals surface area (Å²) in [5.41, 5.74) is 0.170. The van der Waals surface area contributed by atoms with Gasteiger partial charge < -0.3 is 9.84 Å². The standard InChI is InChI=1S/C10H22O2/c1-6-9(10(3,4)5)12-7-8(2)11/h8-9,11H,6-7H2,1-5H3. The van der Waals surface area contributed by atoms with Crippen LogP contribution in [0.25, 0.3) is 0 Å². The second-order valence-electron chi connectivity index (χ2n) is 4.45. The molecule has 0 amide bonds. The fourth-order valence-electron chi connectivity index (χ4n) is 1.24. The second kappa shape index (κ2) is 4.83. The van der Waals surface area contributed by atoms with E-state index >= 15 is 0 Å². The molecule has 0 saturated heterocycles. The minimum Gasteiger partial charge on any atom is -0.391 e. The van der Waals surface area contributed by atoms with E-state index in [0.29, 0.717) is 6.61 Å². The smallest absolute Gasteiger partial charge is 0.0745 e. The number of rotatable bonds is 4. The van der Waals surface area contributed by atoms with Crippen LogP contribution in [0.15, 0.2) is 0 Å². The predicted molar refractivity (Wildman–Crippen MR) is 51.2 cm³/mol. The maximum Gasteiger partial charge on any atom is 0.0745 e. The van der Waals surface area contributed by atoms with E-state index in [2.05, 4.69) is 27.7 Å². The Kier molecular flexibility index (Phi) is 4.80. The van der Waals surface area contributed by atoms with Crippen LogP contribution in [0.3, 0.4) is 0 Å². The lowest BCUT2D eigenvalue weighted by Gasteiger charge is -2.30. The zero-order chi connectivity index (χ0) is 9.78. The summed E-state index contributed by atoms with van der Waals surface area (Å²) in [7, 11) is 0. The predicted octanol–water partition coefficient (Wildman–Crippen LogP) is 2.21. The van der Waals surface area contributed by atoms with Crippen molar-refractivity contribution in [1.29, 1.82) is 0 Å². The molecule has 0 aliphatic heterocycles. The van der Waals surface area contributed by atoms with Crippen LogP contribution in [0.4, 0.5) is 0 Å². The van der Waals surface area contributed by atoms with Crippen LogP contribution in [-0.4, -0.2) is 23.9 Å². The third-order valence-corrected chi connectivity index (χ3v) is 1.88. The minimum atomic E-state index is -0.360. The van der Waals surface area contributed by atoms with E-state index in [4.69, 9.17) is 9.84 Å². The topological polar surface area (TPSA) is 29.5 Å². The lowest BCUT2D eigenvalue weighted by molar-refractivity contribution is -0.0525. The first kappa shape index (κ1) is 11.9. The largest absolute Gasteiger partial charge is 0.391 e. The first-order valence-electron chi connectivity index (χ1n) is 4.67. The number of ether oxygens (including phenoxy) is 1. The van der Waals surface area contributed by atoms with Crippen LogP contribution in [-0.2, 0) is 4.74 Å². The van der Waals surface area contributed by atoms with Crippen molar-refractivity contribution >= 4 is 0 Å². The van der Waals surface area contributed by atoms with Crippen molar-refractivity contribution in [1.82, 2.24) is 0 Å². The molecule has 1 N–H and O–H groups in total. The van der Waals surface area contributed by atoms with Gasteiger partial charge in [-0.2, -0.15) is 0 Å². The molecule has 0 radical (unpaired) electrons. The minimum absolute atomic E-state index is 0.170. The van der Waals surface area contributed by atoms with Gasteiger partial charge in [-0.1, -0.05) is 27.7 Å². The zero-order valence-corrected chi connectivity index (χ0v) is 8.92. The molecule has 0 heterocycles. The van der Waals surface area contributed by atoms with Gasteiger partial charge in [0.25, 0.3) is 0 Å². The molecule has 0 aromatic heterocycles. The summed E-state index contributed by atoms with van der Waals surface area (Å²) < 4.78 is 5.57. The third kappa shape index (κ3) is 4.73. The van der Waals surface area contributed by atoms with Crippen molar-refractivity contribution in [2.24, 2.45) is 5.41 Å². The number of aliphatic hydroxyl groups is 1. The highest BCUT2D eigenvalue weighted by atomic mass is 16.5. The fourth-order valence-corrected chi connectivity index (χ4v) is 1.24. The van der Waals surface area contributed by atoms with Crippen molar-refractivity contribution < 1.29 is 9.84 Å². The molecule has 2 atom stereocenters. The SMILES string of the molecule is CCC(OCC(C)O)C(C)(C)C. The van der Waals surface area contributed by atoms with Gasteiger partial charge in [0.2, 0.25) is 0 Å². The Bertz CT molecular complexity index is 113. The molecule has 2 nitrogen and oxygen atoms in total. The molecule has 0 aromatic rings. The zero-order valence-electron chi connectivity index (χ0n) is 8.92. The summed E-state index contributed by atoms with van der Waals surface area (Å²) in [5.74, 6) is 0. The summed E-state index contributed by atoms with van der Waals surface area (Å²) in [5, 5.41) is 9.04. The van der Waals surface area contributed by atoms with Crippen LogP contribution in [0.5, 0.6) is 0 Å². The van der Waals surface area contributed by atoms with Gasteiger partial charge in [-0.25, -0.2) is 0 Å². The van der Waals surface area contributed by atoms with E-state index in [9.17, 15) is 0 Å². The molecule has 0 aliphatic carbocycles. The van der Waals surface area contributed by atoms with Crippen molar-refractivity contribution in [3.8, 4) is 0 Å². The number of hydrogen-bond acceptors (Lipinski definition) is 2. The molecule has 0 saturated carbocycles. The molecule has 0 spiro atoms. The van der Waals surface area contributed by atoms with Gasteiger partial charge in [-0.15, -0.1) is 0 Å². The Hall–Kier alpha value is -0.0800. The maximum absolute atomic E-state index is 9.04. The third-order valence-electron chi connectivity index (χ3n) is 1.88. The Morgan fingerprint density at radius 2 is 1.83 bits per heavy atom. The van der Waals surface area contributed by atoms with Gasteiger partial charge in [-0.05, 0) is 18.8 Å². The van der Waals surface area contributed by atoms with Gasteiger partial charge in [0.15, 0.2) is 0 Å². The lowest BCUT2D eigenvalue weighted by atomic mass is 9.87. The molecule has 0 aromatic carbocycles. The average Bonchev–Trinajstić information content (AvgIpc) is 1.85. The highest BCUT2D eigenvalue weighted by molar-refractivity contribution is 4.73. The Morgan fingerprint density at radius 3 is 2.08 bits per heavy atom. The van der Waals surface area contributed by atoms with E-state index < -0.39 is 0 Å². The molecular formula is C10H22O2. The fraction of sp³-hybridized carbons (Fsp3) is 1.00. The highest BCUT2D eigenvalue weighted by Gasteiger charge is 2.23. The molecule has 74 valence electrons. The van der Waals surface area contributed by atoms with Crippen molar-refractivity contribution in [3.05, 3.63) is 0 Å². The van der Waals surface area contributed by atoms with E-state index in [1.54, 1.807) is 6.92 Å². The summed E-state index contributed by atoms with van der Waals surface area (Å²) in [6.45, 7) is 10.8. The van der Waals surface area contributed by atoms with Crippen molar-refractivity contribution in [2.75, 3.05) is 6.61 Å². The van der Waals surface area contributed by atoms with Crippen LogP contribution < -0.4 is 0 Å². The highest BCUT2D eigenvalue weighted by Crippen LogP contribution is 2.24. The Balaban J connectivity index is 3.84. The van der Waals surface area contributed by atoms with E-state index in [1.165, 1.54) is 0 Å². The average molecular weight is 174 g/mol. The van der Waals surface area contributed by atoms with Crippen LogP contribution in [0.1, 0.15) is 41.0 Å². The van der Waals surface area contributed by atoms with E-state index in [-0.39, 0.29) is 17.6 Å². The quantitative estimate of drug-likeness (QED) is 0.708. The van der Waals surface area contributed by atoms with Crippen LogP contribution in [0.2, 0.25) is 0 Å². The van der Waals surface area contributed by atoms with Gasteiger partial charge in [-0.3, -0.25) is 0 Å². The van der Waals surface area contributed by atoms with Gasteiger partial charge in [0.1, 0.15) is 0 Å². The molecule has 2 unspecified atom stereocenters. The summed E-state index contributed by atoms with van der Waals surface area (Å²) in [4.78, 5) is 0. The molecule has 0 bridgehead atoms. The molecule has 12 heavy (non-hydrogen) atoms. The van der Waals surface area contributed by atoms with Crippen LogP contribution >= 0.6 is 0 Å². The van der Waals surface area contributed by atoms with E-state index in [0.717, 1.165) is 6.42 Å². The number of aliphatic hydroxyl groups excluding tert-OH is 1.